The number of thiazole rings is 1. The zero-order valence-electron chi connectivity index (χ0n) is 10.3. The van der Waals surface area contributed by atoms with Crippen LogP contribution in [0.5, 0.6) is 0 Å². The number of carbonyl (C=O) groups is 1. The molecule has 5 nitrogen and oxygen atoms in total. The second-order valence-corrected chi connectivity index (χ2v) is 5.02. The first-order valence-corrected chi connectivity index (χ1v) is 6.39. The first kappa shape index (κ1) is 13.9. The van der Waals surface area contributed by atoms with Crippen molar-refractivity contribution >= 4 is 22.4 Å². The molecule has 0 saturated heterocycles. The monoisotopic (exact) mass is 258 g/mol. The Labute approximate surface area is 105 Å². The van der Waals surface area contributed by atoms with Gasteiger partial charge in [-0.05, 0) is 12.8 Å². The van der Waals surface area contributed by atoms with Crippen molar-refractivity contribution in [3.63, 3.8) is 0 Å². The van der Waals surface area contributed by atoms with Gasteiger partial charge in [-0.15, -0.1) is 0 Å². The molecule has 1 unspecified atom stereocenters. The molecule has 1 aromatic rings. The Morgan fingerprint density at radius 3 is 2.82 bits per heavy atom. The van der Waals surface area contributed by atoms with Crippen LogP contribution in [0.25, 0.3) is 0 Å². The fraction of sp³-hybridized carbons (Fsp3) is 0.636. The van der Waals surface area contributed by atoms with Crippen molar-refractivity contribution in [1.82, 2.24) is 4.98 Å². The molecule has 0 aliphatic rings. The lowest BCUT2D eigenvalue weighted by molar-refractivity contribution is 0.0702. The Morgan fingerprint density at radius 1 is 1.65 bits per heavy atom. The van der Waals surface area contributed by atoms with Crippen molar-refractivity contribution in [2.45, 2.75) is 26.8 Å². The molecule has 0 aliphatic carbocycles. The number of hydrogen-bond acceptors (Lipinski definition) is 5. The molecule has 6 heteroatoms. The summed E-state index contributed by atoms with van der Waals surface area (Å²) in [6, 6.07) is 0.141. The number of hydrogen-bond donors (Lipinski definition) is 2. The summed E-state index contributed by atoms with van der Waals surface area (Å²) >= 11 is 1.14. The average molecular weight is 258 g/mol. The summed E-state index contributed by atoms with van der Waals surface area (Å²) in [6.45, 7) is 7.38. The van der Waals surface area contributed by atoms with E-state index in [-0.39, 0.29) is 10.9 Å². The third kappa shape index (κ3) is 4.32. The van der Waals surface area contributed by atoms with Crippen LogP contribution in [-0.2, 0) is 4.74 Å². The van der Waals surface area contributed by atoms with E-state index < -0.39 is 5.97 Å². The smallest absolute Gasteiger partial charge is 0.347 e. The largest absolute Gasteiger partial charge is 0.477 e. The van der Waals surface area contributed by atoms with E-state index in [0.29, 0.717) is 24.3 Å². The summed E-state index contributed by atoms with van der Waals surface area (Å²) < 4.78 is 5.38. The highest BCUT2D eigenvalue weighted by Crippen LogP contribution is 2.20. The van der Waals surface area contributed by atoms with Gasteiger partial charge in [-0.3, -0.25) is 0 Å². The Bertz CT molecular complexity index is 365. The Morgan fingerprint density at radius 2 is 2.35 bits per heavy atom. The topological polar surface area (TPSA) is 71.5 Å². The van der Waals surface area contributed by atoms with E-state index >= 15 is 0 Å². The van der Waals surface area contributed by atoms with Crippen molar-refractivity contribution in [2.75, 3.05) is 18.5 Å². The van der Waals surface area contributed by atoms with Gasteiger partial charge in [0.05, 0.1) is 18.8 Å². The van der Waals surface area contributed by atoms with Crippen LogP contribution in [0.15, 0.2) is 6.20 Å². The fourth-order valence-electron chi connectivity index (χ4n) is 1.24. The molecule has 1 atom stereocenters. The van der Waals surface area contributed by atoms with E-state index in [9.17, 15) is 4.79 Å². The molecule has 0 amide bonds. The van der Waals surface area contributed by atoms with Gasteiger partial charge in [-0.2, -0.15) is 0 Å². The number of aromatic nitrogens is 1. The van der Waals surface area contributed by atoms with Crippen LogP contribution in [0.1, 0.15) is 30.4 Å². The molecule has 96 valence electrons. The van der Waals surface area contributed by atoms with Crippen LogP contribution in [0.4, 0.5) is 5.13 Å². The van der Waals surface area contributed by atoms with Gasteiger partial charge in [0.15, 0.2) is 5.13 Å². The van der Waals surface area contributed by atoms with Crippen molar-refractivity contribution in [1.29, 1.82) is 0 Å². The molecule has 1 aromatic heterocycles. The van der Waals surface area contributed by atoms with Gasteiger partial charge >= 0.3 is 5.97 Å². The fourth-order valence-corrected chi connectivity index (χ4v) is 1.96. The number of aromatic carboxylic acids is 1. The maximum atomic E-state index is 10.7. The number of ether oxygens (including phenoxy) is 1. The van der Waals surface area contributed by atoms with Crippen LogP contribution in [-0.4, -0.2) is 35.3 Å². The van der Waals surface area contributed by atoms with Gasteiger partial charge in [-0.25, -0.2) is 9.78 Å². The molecular weight excluding hydrogens is 240 g/mol. The lowest BCUT2D eigenvalue weighted by Crippen LogP contribution is -2.30. The van der Waals surface area contributed by atoms with E-state index in [1.54, 1.807) is 0 Å². The van der Waals surface area contributed by atoms with Gasteiger partial charge in [0.2, 0.25) is 0 Å². The number of nitrogens with zero attached hydrogens (tertiary/aromatic N) is 1. The summed E-state index contributed by atoms with van der Waals surface area (Å²) in [6.07, 6.45) is 1.37. The van der Waals surface area contributed by atoms with Crippen LogP contribution in [0, 0.1) is 5.92 Å². The predicted octanol–water partition coefficient (Wildman–Crippen LogP) is 2.31. The molecule has 0 spiro atoms. The third-order valence-corrected chi connectivity index (χ3v) is 3.25. The van der Waals surface area contributed by atoms with Crippen LogP contribution in [0.2, 0.25) is 0 Å². The number of anilines is 1. The normalized spacial score (nSPS) is 12.7. The SMILES string of the molecule is CCOCC(Nc1ncc(C(=O)O)s1)C(C)C. The quantitative estimate of drug-likeness (QED) is 0.785. The highest BCUT2D eigenvalue weighted by atomic mass is 32.1. The Kier molecular flexibility index (Phi) is 5.37. The van der Waals surface area contributed by atoms with E-state index in [4.69, 9.17) is 9.84 Å². The molecule has 0 bridgehead atoms. The maximum Gasteiger partial charge on any atom is 0.347 e. The number of rotatable bonds is 7. The maximum absolute atomic E-state index is 10.7. The standard InChI is InChI=1S/C11H18N2O3S/c1-4-16-6-8(7(2)3)13-11-12-5-9(17-11)10(14)15/h5,7-8H,4,6H2,1-3H3,(H,12,13)(H,14,15). The van der Waals surface area contributed by atoms with E-state index in [1.807, 2.05) is 6.92 Å². The molecule has 0 saturated carbocycles. The molecule has 0 aliphatic heterocycles. The van der Waals surface area contributed by atoms with E-state index in [0.717, 1.165) is 11.3 Å². The van der Waals surface area contributed by atoms with Gasteiger partial charge in [0.25, 0.3) is 0 Å². The lowest BCUT2D eigenvalue weighted by atomic mass is 10.1. The second-order valence-electron chi connectivity index (χ2n) is 3.99. The van der Waals surface area contributed by atoms with Crippen molar-refractivity contribution in [3.05, 3.63) is 11.1 Å². The summed E-state index contributed by atoms with van der Waals surface area (Å²) in [7, 11) is 0. The summed E-state index contributed by atoms with van der Waals surface area (Å²) in [5.74, 6) is -0.555. The summed E-state index contributed by atoms with van der Waals surface area (Å²) in [5, 5.41) is 12.6. The first-order chi connectivity index (χ1) is 8.04. The number of carboxylic acids is 1. The van der Waals surface area contributed by atoms with Gasteiger partial charge in [0.1, 0.15) is 4.88 Å². The van der Waals surface area contributed by atoms with Crippen LogP contribution < -0.4 is 5.32 Å². The van der Waals surface area contributed by atoms with Gasteiger partial charge in [0, 0.05) is 6.61 Å². The molecule has 1 heterocycles. The number of carboxylic acid groups (broad SMARTS) is 1. The number of nitrogens with one attached hydrogen (secondary N) is 1. The molecular formula is C11H18N2O3S. The molecule has 0 radical (unpaired) electrons. The lowest BCUT2D eigenvalue weighted by Gasteiger charge is -2.21. The molecule has 2 N–H and O–H groups in total. The summed E-state index contributed by atoms with van der Waals surface area (Å²) in [4.78, 5) is 15.0. The molecule has 1 rings (SSSR count). The molecule has 0 fully saturated rings. The highest BCUT2D eigenvalue weighted by molar-refractivity contribution is 7.17. The molecule has 0 aromatic carbocycles. The second kappa shape index (κ2) is 6.56. The third-order valence-electron chi connectivity index (χ3n) is 2.33. The van der Waals surface area contributed by atoms with Crippen LogP contribution >= 0.6 is 11.3 Å². The van der Waals surface area contributed by atoms with E-state index in [2.05, 4.69) is 24.1 Å². The van der Waals surface area contributed by atoms with E-state index in [1.165, 1.54) is 6.20 Å². The zero-order valence-corrected chi connectivity index (χ0v) is 11.1. The van der Waals surface area contributed by atoms with Crippen LogP contribution in [0.3, 0.4) is 0 Å². The minimum absolute atomic E-state index is 0.141. The van der Waals surface area contributed by atoms with Crippen molar-refractivity contribution < 1.29 is 14.6 Å². The average Bonchev–Trinajstić information content (AvgIpc) is 2.72. The highest BCUT2D eigenvalue weighted by Gasteiger charge is 2.16. The van der Waals surface area contributed by atoms with Gasteiger partial charge in [-0.1, -0.05) is 25.2 Å². The van der Waals surface area contributed by atoms with Gasteiger partial charge < -0.3 is 15.2 Å². The minimum atomic E-state index is -0.943. The minimum Gasteiger partial charge on any atom is -0.477 e. The Hall–Kier alpha value is -1.14. The summed E-state index contributed by atoms with van der Waals surface area (Å²) in [5.41, 5.74) is 0. The molecule has 17 heavy (non-hydrogen) atoms. The zero-order chi connectivity index (χ0) is 12.8. The predicted molar refractivity (Wildman–Crippen MR) is 67.8 cm³/mol. The first-order valence-electron chi connectivity index (χ1n) is 5.58. The van der Waals surface area contributed by atoms with Crippen molar-refractivity contribution in [3.8, 4) is 0 Å². The van der Waals surface area contributed by atoms with Crippen molar-refractivity contribution in [2.24, 2.45) is 5.92 Å². The Balaban J connectivity index is 2.61.